The van der Waals surface area contributed by atoms with E-state index < -0.39 is 4.93 Å². The van der Waals surface area contributed by atoms with Crippen molar-refractivity contribution in [2.45, 2.75) is 51.2 Å². The summed E-state index contributed by atoms with van der Waals surface area (Å²) in [7, 11) is 0. The largest absolute Gasteiger partial charge is 0.288 e. The van der Waals surface area contributed by atoms with Crippen LogP contribution in [0.4, 0.5) is 0 Å². The molecule has 0 fully saturated rings. The molecule has 0 aromatic rings. The highest BCUT2D eigenvalue weighted by molar-refractivity contribution is 8.01. The van der Waals surface area contributed by atoms with E-state index in [9.17, 15) is 0 Å². The van der Waals surface area contributed by atoms with Crippen molar-refractivity contribution in [2.75, 3.05) is 6.26 Å². The summed E-state index contributed by atoms with van der Waals surface area (Å²) in [5, 5.41) is 0. The van der Waals surface area contributed by atoms with Gasteiger partial charge in [-0.15, -0.1) is 11.8 Å². The van der Waals surface area contributed by atoms with Gasteiger partial charge in [-0.3, -0.25) is 4.18 Å². The predicted molar refractivity (Wildman–Crippen MR) is 102 cm³/mol. The lowest BCUT2D eigenvalue weighted by Gasteiger charge is -2.34. The number of thioether (sulfide) groups is 1. The van der Waals surface area contributed by atoms with Crippen molar-refractivity contribution in [3.05, 3.63) is 48.6 Å². The smallest absolute Gasteiger partial charge is 0.164 e. The molecule has 120 valence electrons. The van der Waals surface area contributed by atoms with Gasteiger partial charge in [-0.1, -0.05) is 50.3 Å². The van der Waals surface area contributed by atoms with Gasteiger partial charge in [-0.05, 0) is 52.0 Å². The van der Waals surface area contributed by atoms with Gasteiger partial charge in [0.2, 0.25) is 0 Å². The van der Waals surface area contributed by atoms with Crippen LogP contribution in [0.1, 0.15) is 41.5 Å². The second-order valence-corrected chi connectivity index (χ2v) is 7.19. The van der Waals surface area contributed by atoms with E-state index in [-0.39, 0.29) is 4.75 Å². The van der Waals surface area contributed by atoms with Crippen molar-refractivity contribution >= 4 is 23.8 Å². The molecular weight excluding hydrogens is 296 g/mol. The van der Waals surface area contributed by atoms with Gasteiger partial charge in [0.05, 0.1) is 4.75 Å². The third kappa shape index (κ3) is 6.09. The van der Waals surface area contributed by atoms with Crippen LogP contribution in [-0.2, 0) is 4.18 Å². The standard InChI is InChI=1S/C18H30OS2/c1-8-12-17(13-9-2,16(5)6)21-19-18(20-7,14-10-3)15-11-4/h8-16H,1-7H3. The van der Waals surface area contributed by atoms with Gasteiger partial charge < -0.3 is 0 Å². The van der Waals surface area contributed by atoms with Crippen molar-refractivity contribution in [3.63, 3.8) is 0 Å². The van der Waals surface area contributed by atoms with Crippen LogP contribution in [-0.4, -0.2) is 15.9 Å². The Morgan fingerprint density at radius 3 is 1.52 bits per heavy atom. The molecule has 0 aliphatic heterocycles. The number of allylic oxidation sites excluding steroid dienone is 4. The highest BCUT2D eigenvalue weighted by atomic mass is 32.2. The zero-order chi connectivity index (χ0) is 16.4. The fourth-order valence-corrected chi connectivity index (χ4v) is 3.88. The Bertz CT molecular complexity index is 368. The molecule has 0 spiro atoms. The molecule has 0 aliphatic carbocycles. The average Bonchev–Trinajstić information content (AvgIpc) is 2.45. The van der Waals surface area contributed by atoms with Crippen LogP contribution in [0.25, 0.3) is 0 Å². The van der Waals surface area contributed by atoms with Crippen molar-refractivity contribution in [2.24, 2.45) is 5.92 Å². The molecule has 0 atom stereocenters. The van der Waals surface area contributed by atoms with E-state index in [0.29, 0.717) is 5.92 Å². The topological polar surface area (TPSA) is 9.23 Å². The van der Waals surface area contributed by atoms with Gasteiger partial charge in [0.15, 0.2) is 4.93 Å². The minimum Gasteiger partial charge on any atom is -0.288 e. The minimum absolute atomic E-state index is 0.145. The Labute approximate surface area is 140 Å². The van der Waals surface area contributed by atoms with Crippen LogP contribution in [0, 0.1) is 5.92 Å². The van der Waals surface area contributed by atoms with Crippen LogP contribution in [0.2, 0.25) is 0 Å². The SMILES string of the molecule is CC=CC(C=CC)(OSC(C=CC)(C=CC)C(C)C)SC. The first kappa shape index (κ1) is 20.6. The number of rotatable bonds is 9. The number of hydrogen-bond donors (Lipinski definition) is 0. The van der Waals surface area contributed by atoms with E-state index in [1.54, 1.807) is 23.8 Å². The van der Waals surface area contributed by atoms with E-state index in [1.807, 2.05) is 26.0 Å². The van der Waals surface area contributed by atoms with Gasteiger partial charge in [0, 0.05) is 12.0 Å². The fourth-order valence-electron chi connectivity index (χ4n) is 2.00. The molecule has 0 heterocycles. The second kappa shape index (κ2) is 10.4. The Morgan fingerprint density at radius 2 is 1.24 bits per heavy atom. The van der Waals surface area contributed by atoms with Crippen molar-refractivity contribution in [1.82, 2.24) is 0 Å². The Morgan fingerprint density at radius 1 is 0.810 bits per heavy atom. The van der Waals surface area contributed by atoms with Gasteiger partial charge in [0.25, 0.3) is 0 Å². The molecule has 0 radical (unpaired) electrons. The molecule has 0 bridgehead atoms. The lowest BCUT2D eigenvalue weighted by molar-refractivity contribution is 0.307. The van der Waals surface area contributed by atoms with E-state index in [1.165, 1.54) is 0 Å². The molecule has 0 unspecified atom stereocenters. The molecular formula is C18H30OS2. The van der Waals surface area contributed by atoms with Gasteiger partial charge in [-0.25, -0.2) is 0 Å². The maximum atomic E-state index is 6.30. The Hall–Kier alpha value is -0.380. The van der Waals surface area contributed by atoms with Crippen LogP contribution in [0.5, 0.6) is 0 Å². The van der Waals surface area contributed by atoms with Gasteiger partial charge >= 0.3 is 0 Å². The van der Waals surface area contributed by atoms with Crippen LogP contribution in [0.15, 0.2) is 48.6 Å². The summed E-state index contributed by atoms with van der Waals surface area (Å²) >= 11 is 3.23. The predicted octanol–water partition coefficient (Wildman–Crippen LogP) is 6.41. The quantitative estimate of drug-likeness (QED) is 0.275. The molecule has 0 rings (SSSR count). The summed E-state index contributed by atoms with van der Waals surface area (Å²) in [5.41, 5.74) is 0. The lowest BCUT2D eigenvalue weighted by atomic mass is 9.94. The first-order valence-electron chi connectivity index (χ1n) is 7.43. The third-order valence-corrected chi connectivity index (χ3v) is 5.68. The van der Waals surface area contributed by atoms with E-state index in [2.05, 4.69) is 70.4 Å². The summed E-state index contributed by atoms with van der Waals surface area (Å²) < 4.78 is 6.15. The van der Waals surface area contributed by atoms with Crippen molar-refractivity contribution < 1.29 is 4.18 Å². The third-order valence-electron chi connectivity index (χ3n) is 3.19. The molecule has 0 aliphatic rings. The van der Waals surface area contributed by atoms with Crippen LogP contribution < -0.4 is 0 Å². The van der Waals surface area contributed by atoms with Gasteiger partial charge in [-0.2, -0.15) is 0 Å². The Balaban J connectivity index is 5.44. The molecule has 0 amide bonds. The monoisotopic (exact) mass is 326 g/mol. The second-order valence-electron chi connectivity index (χ2n) is 5.10. The van der Waals surface area contributed by atoms with Crippen molar-refractivity contribution in [1.29, 1.82) is 0 Å². The van der Waals surface area contributed by atoms with E-state index in [0.717, 1.165) is 0 Å². The van der Waals surface area contributed by atoms with E-state index >= 15 is 0 Å². The summed E-state index contributed by atoms with van der Waals surface area (Å²) in [5.74, 6) is 0.436. The van der Waals surface area contributed by atoms with Crippen LogP contribution in [0.3, 0.4) is 0 Å². The molecule has 0 saturated heterocycles. The van der Waals surface area contributed by atoms with Crippen LogP contribution >= 0.6 is 23.8 Å². The minimum atomic E-state index is -0.419. The zero-order valence-corrected chi connectivity index (χ0v) is 16.1. The highest BCUT2D eigenvalue weighted by Gasteiger charge is 2.34. The molecule has 21 heavy (non-hydrogen) atoms. The highest BCUT2D eigenvalue weighted by Crippen LogP contribution is 2.43. The summed E-state index contributed by atoms with van der Waals surface area (Å²) in [6.07, 6.45) is 19.0. The molecule has 0 saturated carbocycles. The summed E-state index contributed by atoms with van der Waals surface area (Å²) in [6.45, 7) is 12.6. The lowest BCUT2D eigenvalue weighted by Crippen LogP contribution is -2.30. The zero-order valence-electron chi connectivity index (χ0n) is 14.4. The molecule has 3 heteroatoms. The maximum absolute atomic E-state index is 6.30. The normalized spacial score (nSPS) is 19.2. The molecule has 0 aromatic heterocycles. The molecule has 1 nitrogen and oxygen atoms in total. The Kier molecular flexibility index (Phi) is 10.2. The first-order valence-corrected chi connectivity index (χ1v) is 9.39. The fraction of sp³-hybridized carbons (Fsp3) is 0.556. The molecule has 0 N–H and O–H groups in total. The van der Waals surface area contributed by atoms with Gasteiger partial charge in [0.1, 0.15) is 0 Å². The summed E-state index contributed by atoms with van der Waals surface area (Å²) in [4.78, 5) is -0.419. The first-order chi connectivity index (χ1) is 9.95. The number of hydrogen-bond acceptors (Lipinski definition) is 3. The molecule has 0 aromatic carbocycles. The summed E-state index contributed by atoms with van der Waals surface area (Å²) in [6, 6.07) is 0. The van der Waals surface area contributed by atoms with E-state index in [4.69, 9.17) is 4.18 Å². The van der Waals surface area contributed by atoms with Crippen molar-refractivity contribution in [3.8, 4) is 0 Å². The maximum Gasteiger partial charge on any atom is 0.164 e. The average molecular weight is 327 g/mol.